The molecule has 0 aromatic rings. The first-order valence-corrected chi connectivity index (χ1v) is 11.3. The van der Waals surface area contributed by atoms with Gasteiger partial charge in [-0.1, -0.05) is 27.7 Å². The lowest BCUT2D eigenvalue weighted by molar-refractivity contribution is -0.0906. The fourth-order valence-electron chi connectivity index (χ4n) is 9.39. The maximum Gasteiger partial charge on any atom is -0.0292 e. The van der Waals surface area contributed by atoms with Crippen molar-refractivity contribution in [2.24, 2.45) is 58.2 Å². The monoisotopic (exact) mass is 328 g/mol. The Morgan fingerprint density at radius 3 is 1.58 bits per heavy atom. The maximum absolute atomic E-state index is 2.56. The van der Waals surface area contributed by atoms with Crippen molar-refractivity contribution in [1.29, 1.82) is 0 Å². The Morgan fingerprint density at radius 1 is 0.583 bits per heavy atom. The van der Waals surface area contributed by atoms with Crippen molar-refractivity contribution in [3.8, 4) is 0 Å². The zero-order valence-corrected chi connectivity index (χ0v) is 16.7. The molecule has 8 aliphatic carbocycles. The molecule has 0 heteroatoms. The molecule has 0 saturated heterocycles. The topological polar surface area (TPSA) is 0 Å². The van der Waals surface area contributed by atoms with Gasteiger partial charge in [0.15, 0.2) is 0 Å². The summed E-state index contributed by atoms with van der Waals surface area (Å²) in [6.07, 6.45) is 15.7. The molecule has 8 fully saturated rings. The molecule has 8 aliphatic rings. The summed E-state index contributed by atoms with van der Waals surface area (Å²) in [7, 11) is 0. The van der Waals surface area contributed by atoms with Crippen LogP contribution in [0.4, 0.5) is 0 Å². The molecular weight excluding hydrogens is 288 g/mol. The maximum atomic E-state index is 2.56. The molecule has 0 spiro atoms. The fraction of sp³-hybridized carbons (Fsp3) is 1.00. The summed E-state index contributed by atoms with van der Waals surface area (Å²) in [4.78, 5) is 0. The normalized spacial score (nSPS) is 62.5. The van der Waals surface area contributed by atoms with Gasteiger partial charge in [0, 0.05) is 0 Å². The van der Waals surface area contributed by atoms with E-state index >= 15 is 0 Å². The van der Waals surface area contributed by atoms with Gasteiger partial charge in [0.1, 0.15) is 0 Å². The molecule has 0 aromatic carbocycles. The van der Waals surface area contributed by atoms with Crippen LogP contribution in [-0.2, 0) is 0 Å². The van der Waals surface area contributed by atoms with Crippen molar-refractivity contribution in [1.82, 2.24) is 0 Å². The van der Waals surface area contributed by atoms with Crippen LogP contribution in [0.5, 0.6) is 0 Å². The van der Waals surface area contributed by atoms with Gasteiger partial charge in [0.2, 0.25) is 0 Å². The zero-order valence-electron chi connectivity index (χ0n) is 16.7. The molecule has 136 valence electrons. The zero-order chi connectivity index (χ0) is 16.7. The Balaban J connectivity index is 0.000000109. The van der Waals surface area contributed by atoms with Crippen LogP contribution in [0.1, 0.15) is 91.9 Å². The van der Waals surface area contributed by atoms with Crippen LogP contribution in [0, 0.1) is 58.2 Å². The van der Waals surface area contributed by atoms with E-state index in [2.05, 4.69) is 27.7 Å². The number of rotatable bonds is 0. The highest BCUT2D eigenvalue weighted by atomic mass is 14.6. The minimum Gasteiger partial charge on any atom is -0.0620 e. The molecule has 0 heterocycles. The molecule has 8 rings (SSSR count). The second-order valence-corrected chi connectivity index (χ2v) is 12.2. The molecule has 8 saturated carbocycles. The second kappa shape index (κ2) is 5.26. The van der Waals surface area contributed by atoms with Crippen molar-refractivity contribution < 1.29 is 0 Å². The Morgan fingerprint density at radius 2 is 1.08 bits per heavy atom. The molecule has 0 amide bonds. The predicted octanol–water partition coefficient (Wildman–Crippen LogP) is 6.94. The third kappa shape index (κ3) is 2.44. The fourth-order valence-corrected chi connectivity index (χ4v) is 9.39. The summed E-state index contributed by atoms with van der Waals surface area (Å²) in [5, 5.41) is 0. The van der Waals surface area contributed by atoms with Crippen molar-refractivity contribution >= 4 is 0 Å². The third-order valence-corrected chi connectivity index (χ3v) is 10.3. The second-order valence-electron chi connectivity index (χ2n) is 12.2. The van der Waals surface area contributed by atoms with E-state index in [-0.39, 0.29) is 0 Å². The SMILES string of the molecule is CC1C2C[C@@H]3C[C@@H](C2)CC1(C)C3.CC1[C@@H]2CC3C[C@H]1CC(C)(C3)C2. The van der Waals surface area contributed by atoms with Gasteiger partial charge in [-0.2, -0.15) is 0 Å². The van der Waals surface area contributed by atoms with Crippen LogP contribution in [0.3, 0.4) is 0 Å². The molecule has 8 bridgehead atoms. The van der Waals surface area contributed by atoms with Crippen LogP contribution in [0.2, 0.25) is 0 Å². The summed E-state index contributed by atoms with van der Waals surface area (Å²) in [6, 6.07) is 0. The van der Waals surface area contributed by atoms with Crippen molar-refractivity contribution in [2.45, 2.75) is 91.9 Å². The number of hydrogen-bond donors (Lipinski definition) is 0. The van der Waals surface area contributed by atoms with E-state index in [1.54, 1.807) is 64.2 Å². The van der Waals surface area contributed by atoms with E-state index in [1.165, 1.54) is 0 Å². The summed E-state index contributed by atoms with van der Waals surface area (Å²) in [5.74, 6) is 8.82. The van der Waals surface area contributed by atoms with Crippen LogP contribution >= 0.6 is 0 Å². The highest BCUT2D eigenvalue weighted by Gasteiger charge is 2.53. The standard InChI is InChI=1S/2C12H20/c1-8-11-4-9-3-10(5-11)7-12(8,2)6-9;1-8-10-3-9-4-11(8)7-12(2,5-9)6-10/h2*8-11H,3-7H2,1-2H3/t8?,9-,10-,11?,12?;8?,9?,10-,11+,12?/m0./s1. The molecule has 0 radical (unpaired) electrons. The van der Waals surface area contributed by atoms with E-state index in [9.17, 15) is 0 Å². The van der Waals surface area contributed by atoms with Crippen molar-refractivity contribution in [2.75, 3.05) is 0 Å². The highest BCUT2D eigenvalue weighted by molar-refractivity contribution is 5.03. The van der Waals surface area contributed by atoms with Gasteiger partial charge < -0.3 is 0 Å². The van der Waals surface area contributed by atoms with Gasteiger partial charge in [-0.15, -0.1) is 0 Å². The van der Waals surface area contributed by atoms with Gasteiger partial charge in [-0.25, -0.2) is 0 Å². The van der Waals surface area contributed by atoms with Gasteiger partial charge in [-0.05, 0) is 122 Å². The van der Waals surface area contributed by atoms with Crippen molar-refractivity contribution in [3.05, 3.63) is 0 Å². The van der Waals surface area contributed by atoms with Gasteiger partial charge in [0.05, 0.1) is 0 Å². The quantitative estimate of drug-likeness (QED) is 0.452. The Labute approximate surface area is 150 Å². The Bertz CT molecular complexity index is 470. The lowest BCUT2D eigenvalue weighted by Crippen LogP contribution is -2.50. The van der Waals surface area contributed by atoms with Crippen LogP contribution < -0.4 is 0 Å². The number of hydrogen-bond acceptors (Lipinski definition) is 0. The Kier molecular flexibility index (Phi) is 3.55. The molecule has 0 N–H and O–H groups in total. The van der Waals surface area contributed by atoms with E-state index < -0.39 is 0 Å². The summed E-state index contributed by atoms with van der Waals surface area (Å²) >= 11 is 0. The van der Waals surface area contributed by atoms with E-state index in [0.29, 0.717) is 0 Å². The van der Waals surface area contributed by atoms with E-state index in [4.69, 9.17) is 0 Å². The summed E-state index contributed by atoms with van der Waals surface area (Å²) in [5.41, 5.74) is 1.54. The summed E-state index contributed by atoms with van der Waals surface area (Å²) in [6.45, 7) is 10.1. The first-order valence-electron chi connectivity index (χ1n) is 11.3. The minimum atomic E-state index is 0.759. The molecule has 4 unspecified atom stereocenters. The van der Waals surface area contributed by atoms with Crippen LogP contribution in [-0.4, -0.2) is 0 Å². The average Bonchev–Trinajstić information content (AvgIpc) is 2.48. The first kappa shape index (κ1) is 16.2. The Hall–Kier alpha value is 0. The smallest absolute Gasteiger partial charge is 0.0292 e. The lowest BCUT2D eigenvalue weighted by atomic mass is 9.46. The van der Waals surface area contributed by atoms with Crippen molar-refractivity contribution in [3.63, 3.8) is 0 Å². The van der Waals surface area contributed by atoms with Crippen LogP contribution in [0.15, 0.2) is 0 Å². The molecule has 8 atom stereocenters. The van der Waals surface area contributed by atoms with E-state index in [0.717, 1.165) is 58.2 Å². The predicted molar refractivity (Wildman–Crippen MR) is 102 cm³/mol. The molecular formula is C24H40. The van der Waals surface area contributed by atoms with Gasteiger partial charge >= 0.3 is 0 Å². The van der Waals surface area contributed by atoms with Crippen LogP contribution in [0.25, 0.3) is 0 Å². The molecule has 24 heavy (non-hydrogen) atoms. The lowest BCUT2D eigenvalue weighted by Gasteiger charge is -2.59. The minimum absolute atomic E-state index is 0.759. The molecule has 0 aromatic heterocycles. The average molecular weight is 329 g/mol. The largest absolute Gasteiger partial charge is 0.0620 e. The van der Waals surface area contributed by atoms with E-state index in [1.807, 2.05) is 0 Å². The van der Waals surface area contributed by atoms with Gasteiger partial charge in [-0.3, -0.25) is 0 Å². The molecule has 0 nitrogen and oxygen atoms in total. The summed E-state index contributed by atoms with van der Waals surface area (Å²) < 4.78 is 0. The first-order chi connectivity index (χ1) is 11.3. The molecule has 0 aliphatic heterocycles. The third-order valence-electron chi connectivity index (χ3n) is 10.3. The van der Waals surface area contributed by atoms with Gasteiger partial charge in [0.25, 0.3) is 0 Å². The highest BCUT2D eigenvalue weighted by Crippen LogP contribution is 2.63.